The molecule has 0 heterocycles. The molecule has 0 saturated heterocycles. The lowest BCUT2D eigenvalue weighted by Crippen LogP contribution is -2.03. The molecule has 122 valence electrons. The summed E-state index contributed by atoms with van der Waals surface area (Å²) in [4.78, 5) is 0. The molecule has 0 bridgehead atoms. The number of allylic oxidation sites excluding steroid dienone is 4. The maximum Gasteiger partial charge on any atom is 0.115 e. The minimum absolute atomic E-state index is 0.307. The molecule has 0 aliphatic carbocycles. The lowest BCUT2D eigenvalue weighted by atomic mass is 9.85. The normalized spacial score (nSPS) is 14.1. The van der Waals surface area contributed by atoms with Crippen LogP contribution in [0.15, 0.2) is 47.7 Å². The van der Waals surface area contributed by atoms with Gasteiger partial charge in [-0.2, -0.15) is 0 Å². The third-order valence-electron chi connectivity index (χ3n) is 4.04. The summed E-state index contributed by atoms with van der Waals surface area (Å²) in [5.41, 5.74) is 2.57. The van der Waals surface area contributed by atoms with Gasteiger partial charge >= 0.3 is 0 Å². The van der Waals surface area contributed by atoms with Gasteiger partial charge in [-0.25, -0.2) is 0 Å². The minimum Gasteiger partial charge on any atom is -0.513 e. The second-order valence-corrected chi connectivity index (χ2v) is 5.90. The molecule has 0 aliphatic rings. The zero-order valence-electron chi connectivity index (χ0n) is 14.2. The van der Waals surface area contributed by atoms with Crippen molar-refractivity contribution in [3.8, 4) is 5.75 Å². The van der Waals surface area contributed by atoms with Crippen LogP contribution in [-0.4, -0.2) is 10.2 Å². The molecule has 0 aliphatic heterocycles. The van der Waals surface area contributed by atoms with Gasteiger partial charge in [-0.1, -0.05) is 63.3 Å². The number of unbranched alkanes of at least 4 members (excludes halogenated alkanes) is 3. The second-order valence-electron chi connectivity index (χ2n) is 5.90. The van der Waals surface area contributed by atoms with Crippen LogP contribution in [-0.2, 0) is 0 Å². The van der Waals surface area contributed by atoms with Crippen molar-refractivity contribution >= 4 is 0 Å². The zero-order valence-corrected chi connectivity index (χ0v) is 14.2. The van der Waals surface area contributed by atoms with Gasteiger partial charge in [-0.15, -0.1) is 0 Å². The Morgan fingerprint density at radius 3 is 2.27 bits per heavy atom. The first-order valence-electron chi connectivity index (χ1n) is 8.43. The molecule has 22 heavy (non-hydrogen) atoms. The molecular weight excluding hydrogens is 272 g/mol. The number of aromatic hydroxyl groups is 1. The summed E-state index contributed by atoms with van der Waals surface area (Å²) in [5.74, 6) is 1.00. The zero-order chi connectivity index (χ0) is 16.4. The van der Waals surface area contributed by atoms with E-state index in [0.717, 1.165) is 12.8 Å². The lowest BCUT2D eigenvalue weighted by molar-refractivity contribution is 0.414. The van der Waals surface area contributed by atoms with Crippen LogP contribution in [0.4, 0.5) is 0 Å². The van der Waals surface area contributed by atoms with Crippen LogP contribution in [0.2, 0.25) is 0 Å². The summed E-state index contributed by atoms with van der Waals surface area (Å²) in [5, 5.41) is 18.9. The average molecular weight is 302 g/mol. The molecule has 2 heteroatoms. The van der Waals surface area contributed by atoms with Crippen molar-refractivity contribution < 1.29 is 10.2 Å². The van der Waals surface area contributed by atoms with E-state index >= 15 is 0 Å². The predicted octanol–water partition coefficient (Wildman–Crippen LogP) is 6.24. The van der Waals surface area contributed by atoms with Crippen molar-refractivity contribution in [2.45, 2.75) is 65.2 Å². The standard InChI is InChI=1S/C20H30O2/c1-4-6-7-8-9-20(17(5-2)11-10-16(3)21)18-12-14-19(22)15-13-18/h10-15,20-22H,4-9H2,1-3H3/b16-10+,17-11+. The lowest BCUT2D eigenvalue weighted by Gasteiger charge is -2.20. The van der Waals surface area contributed by atoms with Gasteiger partial charge in [0.05, 0.1) is 5.76 Å². The van der Waals surface area contributed by atoms with Crippen molar-refractivity contribution in [3.63, 3.8) is 0 Å². The largest absolute Gasteiger partial charge is 0.513 e. The fourth-order valence-corrected chi connectivity index (χ4v) is 2.76. The molecule has 2 nitrogen and oxygen atoms in total. The van der Waals surface area contributed by atoms with Crippen molar-refractivity contribution in [2.24, 2.45) is 0 Å². The van der Waals surface area contributed by atoms with E-state index in [1.165, 1.54) is 36.8 Å². The minimum atomic E-state index is 0.307. The Labute approximate surface area is 135 Å². The van der Waals surface area contributed by atoms with Crippen molar-refractivity contribution in [3.05, 3.63) is 53.3 Å². The Bertz CT molecular complexity index is 479. The fourth-order valence-electron chi connectivity index (χ4n) is 2.76. The molecule has 1 aromatic rings. The van der Waals surface area contributed by atoms with E-state index in [9.17, 15) is 10.2 Å². The maximum absolute atomic E-state index is 9.50. The molecule has 0 radical (unpaired) electrons. The van der Waals surface area contributed by atoms with Gasteiger partial charge in [0.25, 0.3) is 0 Å². The third-order valence-corrected chi connectivity index (χ3v) is 4.04. The molecule has 0 fully saturated rings. The van der Waals surface area contributed by atoms with Gasteiger partial charge in [0.2, 0.25) is 0 Å². The number of hydrogen-bond donors (Lipinski definition) is 2. The average Bonchev–Trinajstić information content (AvgIpc) is 2.50. The van der Waals surface area contributed by atoms with Crippen LogP contribution in [0.5, 0.6) is 5.75 Å². The molecular formula is C20H30O2. The van der Waals surface area contributed by atoms with E-state index in [2.05, 4.69) is 13.8 Å². The number of phenols is 1. The number of phenolic OH excluding ortho intramolecular Hbond substituents is 1. The summed E-state index contributed by atoms with van der Waals surface area (Å²) in [7, 11) is 0. The highest BCUT2D eigenvalue weighted by Gasteiger charge is 2.15. The molecule has 2 N–H and O–H groups in total. The Hall–Kier alpha value is -1.70. The summed E-state index contributed by atoms with van der Waals surface area (Å²) >= 11 is 0. The van der Waals surface area contributed by atoms with Crippen LogP contribution in [0, 0.1) is 0 Å². The molecule has 0 amide bonds. The van der Waals surface area contributed by atoms with E-state index in [4.69, 9.17) is 0 Å². The summed E-state index contributed by atoms with van der Waals surface area (Å²) < 4.78 is 0. The summed E-state index contributed by atoms with van der Waals surface area (Å²) in [6.45, 7) is 6.08. The molecule has 1 rings (SSSR count). The smallest absolute Gasteiger partial charge is 0.115 e. The molecule has 1 atom stereocenters. The summed E-state index contributed by atoms with van der Waals surface area (Å²) in [6.07, 6.45) is 10.9. The van der Waals surface area contributed by atoms with Crippen LogP contribution in [0.25, 0.3) is 0 Å². The highest BCUT2D eigenvalue weighted by molar-refractivity contribution is 5.34. The maximum atomic E-state index is 9.50. The van der Waals surface area contributed by atoms with Crippen molar-refractivity contribution in [1.82, 2.24) is 0 Å². The number of hydrogen-bond acceptors (Lipinski definition) is 2. The number of aliphatic hydroxyl groups is 1. The number of aliphatic hydroxyl groups excluding tert-OH is 1. The Kier molecular flexibility index (Phi) is 8.42. The van der Waals surface area contributed by atoms with Crippen LogP contribution < -0.4 is 0 Å². The van der Waals surface area contributed by atoms with Crippen LogP contribution in [0.3, 0.4) is 0 Å². The Morgan fingerprint density at radius 2 is 1.73 bits per heavy atom. The number of benzene rings is 1. The quantitative estimate of drug-likeness (QED) is 0.322. The molecule has 1 aromatic carbocycles. The van der Waals surface area contributed by atoms with E-state index in [1.807, 2.05) is 18.2 Å². The predicted molar refractivity (Wildman–Crippen MR) is 94.4 cm³/mol. The van der Waals surface area contributed by atoms with E-state index in [1.54, 1.807) is 25.1 Å². The topological polar surface area (TPSA) is 40.5 Å². The van der Waals surface area contributed by atoms with E-state index < -0.39 is 0 Å². The van der Waals surface area contributed by atoms with Gasteiger partial charge in [0.1, 0.15) is 5.75 Å². The highest BCUT2D eigenvalue weighted by atomic mass is 16.3. The molecule has 0 aromatic heterocycles. The monoisotopic (exact) mass is 302 g/mol. The van der Waals surface area contributed by atoms with Gasteiger partial charge < -0.3 is 10.2 Å². The SMILES string of the molecule is CCCCCCC(/C(=C/C=C(\C)O)CC)c1ccc(O)cc1. The van der Waals surface area contributed by atoms with Crippen LogP contribution >= 0.6 is 0 Å². The van der Waals surface area contributed by atoms with Crippen LogP contribution in [0.1, 0.15) is 70.8 Å². The first-order chi connectivity index (χ1) is 10.6. The Morgan fingerprint density at radius 1 is 1.05 bits per heavy atom. The van der Waals surface area contributed by atoms with Gasteiger partial charge in [0.15, 0.2) is 0 Å². The second kappa shape index (κ2) is 10.1. The van der Waals surface area contributed by atoms with Gasteiger partial charge in [0, 0.05) is 5.92 Å². The van der Waals surface area contributed by atoms with Crippen molar-refractivity contribution in [2.75, 3.05) is 0 Å². The van der Waals surface area contributed by atoms with Gasteiger partial charge in [-0.05, 0) is 43.5 Å². The fraction of sp³-hybridized carbons (Fsp3) is 0.500. The van der Waals surface area contributed by atoms with E-state index in [0.29, 0.717) is 17.4 Å². The Balaban J connectivity index is 2.95. The van der Waals surface area contributed by atoms with Gasteiger partial charge in [-0.3, -0.25) is 0 Å². The third kappa shape index (κ3) is 6.38. The van der Waals surface area contributed by atoms with Crippen molar-refractivity contribution in [1.29, 1.82) is 0 Å². The summed E-state index contributed by atoms with van der Waals surface area (Å²) in [6, 6.07) is 7.54. The number of rotatable bonds is 9. The first kappa shape index (κ1) is 18.3. The molecule has 1 unspecified atom stereocenters. The molecule has 0 saturated carbocycles. The molecule has 0 spiro atoms. The highest BCUT2D eigenvalue weighted by Crippen LogP contribution is 2.33. The first-order valence-corrected chi connectivity index (χ1v) is 8.43. The van der Waals surface area contributed by atoms with E-state index in [-0.39, 0.29) is 0 Å².